The molecule has 0 heterocycles. The van der Waals surface area contributed by atoms with Crippen molar-refractivity contribution in [1.82, 2.24) is 21.3 Å². The molecule has 0 aliphatic rings. The van der Waals surface area contributed by atoms with E-state index in [1.807, 2.05) is 20.8 Å². The van der Waals surface area contributed by atoms with Crippen LogP contribution in [0.1, 0.15) is 59.3 Å². The monoisotopic (exact) mass is 370 g/mol. The summed E-state index contributed by atoms with van der Waals surface area (Å²) in [7, 11) is 0. The summed E-state index contributed by atoms with van der Waals surface area (Å²) >= 11 is 0. The molecule has 4 N–H and O–H groups in total. The molecule has 8 nitrogen and oxygen atoms in total. The minimum Gasteiger partial charge on any atom is -0.348 e. The fourth-order valence-corrected chi connectivity index (χ4v) is 2.10. The van der Waals surface area contributed by atoms with Gasteiger partial charge in [0.1, 0.15) is 0 Å². The molecule has 8 heteroatoms. The average Bonchev–Trinajstić information content (AvgIpc) is 2.63. The lowest BCUT2D eigenvalue weighted by Crippen LogP contribution is -2.42. The van der Waals surface area contributed by atoms with Crippen molar-refractivity contribution in [2.24, 2.45) is 5.92 Å². The maximum atomic E-state index is 11.6. The SMILES string of the molecule is CCCCNC(=O)C(=O)NCCCC(C)CNC(=O)C(=O)NCCCC. The minimum atomic E-state index is -0.620. The second kappa shape index (κ2) is 15.2. The second-order valence-electron chi connectivity index (χ2n) is 6.43. The van der Waals surface area contributed by atoms with Crippen LogP contribution in [0.25, 0.3) is 0 Å². The topological polar surface area (TPSA) is 116 Å². The van der Waals surface area contributed by atoms with Gasteiger partial charge in [-0.2, -0.15) is 0 Å². The van der Waals surface area contributed by atoms with Gasteiger partial charge in [0.15, 0.2) is 0 Å². The summed E-state index contributed by atoms with van der Waals surface area (Å²) in [5, 5.41) is 10.3. The van der Waals surface area contributed by atoms with E-state index in [0.29, 0.717) is 32.6 Å². The molecular weight excluding hydrogens is 336 g/mol. The van der Waals surface area contributed by atoms with Crippen molar-refractivity contribution in [2.75, 3.05) is 26.2 Å². The number of hydrogen-bond donors (Lipinski definition) is 4. The minimum absolute atomic E-state index is 0.165. The summed E-state index contributed by atoms with van der Waals surface area (Å²) in [4.78, 5) is 46.2. The van der Waals surface area contributed by atoms with Crippen LogP contribution in [0.3, 0.4) is 0 Å². The van der Waals surface area contributed by atoms with Gasteiger partial charge in [-0.3, -0.25) is 19.2 Å². The molecule has 0 fully saturated rings. The quantitative estimate of drug-likeness (QED) is 0.295. The van der Waals surface area contributed by atoms with E-state index in [4.69, 9.17) is 0 Å². The van der Waals surface area contributed by atoms with E-state index in [2.05, 4.69) is 21.3 Å². The molecule has 0 radical (unpaired) electrons. The highest BCUT2D eigenvalue weighted by molar-refractivity contribution is 6.35. The van der Waals surface area contributed by atoms with Gasteiger partial charge in [-0.1, -0.05) is 33.6 Å². The van der Waals surface area contributed by atoms with Crippen molar-refractivity contribution in [1.29, 1.82) is 0 Å². The van der Waals surface area contributed by atoms with Crippen molar-refractivity contribution in [3.63, 3.8) is 0 Å². The number of rotatable bonds is 12. The van der Waals surface area contributed by atoms with Crippen LogP contribution in [0.15, 0.2) is 0 Å². The highest BCUT2D eigenvalue weighted by Crippen LogP contribution is 2.03. The molecule has 0 aromatic rings. The number of unbranched alkanes of at least 4 members (excludes halogenated alkanes) is 2. The molecular formula is C18H34N4O4. The first-order valence-electron chi connectivity index (χ1n) is 9.54. The summed E-state index contributed by atoms with van der Waals surface area (Å²) in [6, 6.07) is 0. The van der Waals surface area contributed by atoms with E-state index >= 15 is 0 Å². The van der Waals surface area contributed by atoms with Gasteiger partial charge in [0.25, 0.3) is 0 Å². The van der Waals surface area contributed by atoms with Gasteiger partial charge >= 0.3 is 23.6 Å². The molecule has 0 saturated carbocycles. The molecule has 0 aliphatic carbocycles. The molecule has 1 atom stereocenters. The van der Waals surface area contributed by atoms with Crippen molar-refractivity contribution < 1.29 is 19.2 Å². The summed E-state index contributed by atoms with van der Waals surface area (Å²) in [6.45, 7) is 7.77. The molecule has 0 spiro atoms. The maximum absolute atomic E-state index is 11.6. The molecule has 26 heavy (non-hydrogen) atoms. The van der Waals surface area contributed by atoms with Gasteiger partial charge in [0, 0.05) is 26.2 Å². The lowest BCUT2D eigenvalue weighted by molar-refractivity contribution is -0.139. The zero-order valence-electron chi connectivity index (χ0n) is 16.3. The largest absolute Gasteiger partial charge is 0.348 e. The Morgan fingerprint density at radius 3 is 1.46 bits per heavy atom. The zero-order chi connectivity index (χ0) is 19.8. The predicted octanol–water partition coefficient (Wildman–Crippen LogP) is 0.468. The van der Waals surface area contributed by atoms with Crippen molar-refractivity contribution >= 4 is 23.6 Å². The van der Waals surface area contributed by atoms with Gasteiger partial charge < -0.3 is 21.3 Å². The van der Waals surface area contributed by atoms with E-state index in [0.717, 1.165) is 32.1 Å². The van der Waals surface area contributed by atoms with E-state index in [1.54, 1.807) is 0 Å². The summed E-state index contributed by atoms with van der Waals surface area (Å²) in [5.74, 6) is -2.28. The van der Waals surface area contributed by atoms with E-state index in [-0.39, 0.29) is 5.92 Å². The highest BCUT2D eigenvalue weighted by atomic mass is 16.2. The zero-order valence-corrected chi connectivity index (χ0v) is 16.3. The Bertz CT molecular complexity index is 454. The Hall–Kier alpha value is -2.12. The van der Waals surface area contributed by atoms with Crippen LogP contribution in [0.5, 0.6) is 0 Å². The van der Waals surface area contributed by atoms with E-state index in [9.17, 15) is 19.2 Å². The van der Waals surface area contributed by atoms with E-state index in [1.165, 1.54) is 0 Å². The summed E-state index contributed by atoms with van der Waals surface area (Å²) in [6.07, 6.45) is 5.05. The van der Waals surface area contributed by atoms with Crippen LogP contribution in [0.4, 0.5) is 0 Å². The van der Waals surface area contributed by atoms with Gasteiger partial charge in [-0.15, -0.1) is 0 Å². The standard InChI is InChI=1S/C18H34N4O4/c1-4-6-10-19-15(23)16(24)21-12-8-9-14(3)13-22-18(26)17(25)20-11-7-5-2/h14H,4-13H2,1-3H3,(H,19,23)(H,20,25)(H,21,24)(H,22,26). The van der Waals surface area contributed by atoms with Gasteiger partial charge in [-0.05, 0) is 31.6 Å². The van der Waals surface area contributed by atoms with Crippen molar-refractivity contribution in [2.45, 2.75) is 59.3 Å². The normalized spacial score (nSPS) is 11.3. The van der Waals surface area contributed by atoms with Gasteiger partial charge in [0.2, 0.25) is 0 Å². The van der Waals surface area contributed by atoms with Crippen LogP contribution in [0, 0.1) is 5.92 Å². The van der Waals surface area contributed by atoms with Crippen LogP contribution in [0.2, 0.25) is 0 Å². The van der Waals surface area contributed by atoms with Crippen molar-refractivity contribution in [3.8, 4) is 0 Å². The molecule has 0 bridgehead atoms. The molecule has 4 amide bonds. The predicted molar refractivity (Wildman–Crippen MR) is 100 cm³/mol. The van der Waals surface area contributed by atoms with Crippen LogP contribution in [-0.4, -0.2) is 49.8 Å². The molecule has 0 aromatic carbocycles. The first kappa shape index (κ1) is 23.9. The Morgan fingerprint density at radius 2 is 1.04 bits per heavy atom. The number of nitrogens with one attached hydrogen (secondary N) is 4. The van der Waals surface area contributed by atoms with Crippen LogP contribution < -0.4 is 21.3 Å². The smallest absolute Gasteiger partial charge is 0.309 e. The van der Waals surface area contributed by atoms with Gasteiger partial charge in [0.05, 0.1) is 0 Å². The number of hydrogen-bond acceptors (Lipinski definition) is 4. The number of carbonyl (C=O) groups excluding carboxylic acids is 4. The Labute approximate surface area is 156 Å². The fraction of sp³-hybridized carbons (Fsp3) is 0.778. The number of carbonyl (C=O) groups is 4. The van der Waals surface area contributed by atoms with Crippen molar-refractivity contribution in [3.05, 3.63) is 0 Å². The molecule has 0 saturated heterocycles. The van der Waals surface area contributed by atoms with E-state index < -0.39 is 23.6 Å². The number of amides is 4. The highest BCUT2D eigenvalue weighted by Gasteiger charge is 2.14. The molecule has 0 rings (SSSR count). The Kier molecular flexibility index (Phi) is 13.9. The molecule has 0 aromatic heterocycles. The fourth-order valence-electron chi connectivity index (χ4n) is 2.10. The third-order valence-corrected chi connectivity index (χ3v) is 3.81. The molecule has 1 unspecified atom stereocenters. The molecule has 0 aliphatic heterocycles. The lowest BCUT2D eigenvalue weighted by Gasteiger charge is -2.13. The Morgan fingerprint density at radius 1 is 0.654 bits per heavy atom. The van der Waals surface area contributed by atoms with Crippen LogP contribution >= 0.6 is 0 Å². The summed E-state index contributed by atoms with van der Waals surface area (Å²) < 4.78 is 0. The maximum Gasteiger partial charge on any atom is 0.309 e. The Balaban J connectivity index is 3.77. The van der Waals surface area contributed by atoms with Crippen LogP contribution in [-0.2, 0) is 19.2 Å². The lowest BCUT2D eigenvalue weighted by atomic mass is 10.1. The van der Waals surface area contributed by atoms with Gasteiger partial charge in [-0.25, -0.2) is 0 Å². The second-order valence-corrected chi connectivity index (χ2v) is 6.43. The first-order valence-corrected chi connectivity index (χ1v) is 9.54. The third kappa shape index (κ3) is 12.3. The summed E-state index contributed by atoms with van der Waals surface area (Å²) in [5.41, 5.74) is 0. The molecule has 150 valence electrons. The first-order chi connectivity index (χ1) is 12.4. The average molecular weight is 370 g/mol. The third-order valence-electron chi connectivity index (χ3n) is 3.81.